The van der Waals surface area contributed by atoms with E-state index >= 15 is 0 Å². The van der Waals surface area contributed by atoms with Crippen molar-refractivity contribution >= 4 is 40.8 Å². The minimum Gasteiger partial charge on any atom is -0.353 e. The van der Waals surface area contributed by atoms with Gasteiger partial charge in [0, 0.05) is 35.7 Å². The van der Waals surface area contributed by atoms with E-state index in [4.69, 9.17) is 0 Å². The van der Waals surface area contributed by atoms with Crippen LogP contribution in [0, 0.1) is 6.92 Å². The average Bonchev–Trinajstić information content (AvgIpc) is 3.37. The number of alkyl halides is 1. The van der Waals surface area contributed by atoms with Gasteiger partial charge in [-0.3, -0.25) is 9.89 Å². The molecule has 3 heterocycles. The standard InChI is InChI=1S/C21H24FN7OS/c1-3-20(30)23-15-4-6-16(7-5-15)31-21-25-17(24-18-10-13(2)27-28-18)11-19(26-21)29-9-8-14(22)12-29/h4-7,10-11,14H,3,8-9,12H2,1-2H3,(H,23,30)(H2,24,25,26,27,28). The van der Waals surface area contributed by atoms with E-state index in [1.807, 2.05) is 55.1 Å². The second kappa shape index (κ2) is 9.34. The molecule has 3 aromatic rings. The number of halogens is 1. The minimum absolute atomic E-state index is 0.0297. The zero-order valence-corrected chi connectivity index (χ0v) is 18.2. The van der Waals surface area contributed by atoms with Gasteiger partial charge in [0.2, 0.25) is 5.91 Å². The number of H-pyrrole nitrogens is 1. The van der Waals surface area contributed by atoms with E-state index in [0.29, 0.717) is 42.7 Å². The Hall–Kier alpha value is -3.14. The first-order chi connectivity index (χ1) is 15.0. The highest BCUT2D eigenvalue weighted by Crippen LogP contribution is 2.31. The monoisotopic (exact) mass is 441 g/mol. The van der Waals surface area contributed by atoms with Crippen LogP contribution >= 0.6 is 11.8 Å². The number of nitrogens with one attached hydrogen (secondary N) is 3. The number of aromatic amines is 1. The van der Waals surface area contributed by atoms with E-state index in [1.54, 1.807) is 0 Å². The van der Waals surface area contributed by atoms with Crippen LogP contribution < -0.4 is 15.5 Å². The molecule has 1 aromatic carbocycles. The SMILES string of the molecule is CCC(=O)Nc1ccc(Sc2nc(Nc3cc(C)n[nH]3)cc(N3CCC(F)C3)n2)cc1. The molecule has 0 aliphatic carbocycles. The van der Waals surface area contributed by atoms with Crippen molar-refractivity contribution in [3.8, 4) is 0 Å². The molecule has 1 unspecified atom stereocenters. The number of hydrogen-bond donors (Lipinski definition) is 3. The Morgan fingerprint density at radius 3 is 2.74 bits per heavy atom. The summed E-state index contributed by atoms with van der Waals surface area (Å²) in [6, 6.07) is 11.2. The molecule has 1 amide bonds. The molecule has 0 saturated carbocycles. The molecule has 3 N–H and O–H groups in total. The maximum atomic E-state index is 13.8. The molecule has 1 saturated heterocycles. The van der Waals surface area contributed by atoms with Gasteiger partial charge in [-0.25, -0.2) is 14.4 Å². The van der Waals surface area contributed by atoms with Crippen molar-refractivity contribution in [2.45, 2.75) is 42.9 Å². The number of rotatable bonds is 7. The van der Waals surface area contributed by atoms with Gasteiger partial charge in [0.05, 0.1) is 12.2 Å². The Labute approximate surface area is 184 Å². The van der Waals surface area contributed by atoms with Gasteiger partial charge in [-0.2, -0.15) is 5.10 Å². The second-order valence-corrected chi connectivity index (χ2v) is 8.34. The van der Waals surface area contributed by atoms with Crippen molar-refractivity contribution in [3.63, 3.8) is 0 Å². The summed E-state index contributed by atoms with van der Waals surface area (Å²) in [4.78, 5) is 23.7. The van der Waals surface area contributed by atoms with Crippen LogP contribution in [0.15, 0.2) is 46.5 Å². The lowest BCUT2D eigenvalue weighted by molar-refractivity contribution is -0.115. The molecule has 0 bridgehead atoms. The molecular weight excluding hydrogens is 417 g/mol. The third-order valence-electron chi connectivity index (χ3n) is 4.78. The van der Waals surface area contributed by atoms with Crippen LogP contribution in [0.4, 0.5) is 27.5 Å². The molecule has 4 rings (SSSR count). The topological polar surface area (TPSA) is 98.8 Å². The lowest BCUT2D eigenvalue weighted by Gasteiger charge is -2.18. The van der Waals surface area contributed by atoms with Gasteiger partial charge in [-0.15, -0.1) is 0 Å². The maximum absolute atomic E-state index is 13.8. The first-order valence-electron chi connectivity index (χ1n) is 10.1. The number of amides is 1. The van der Waals surface area contributed by atoms with Crippen molar-refractivity contribution in [3.05, 3.63) is 42.1 Å². The molecule has 0 spiro atoms. The van der Waals surface area contributed by atoms with Crippen molar-refractivity contribution in [1.29, 1.82) is 0 Å². The Bertz CT molecular complexity index is 1060. The quantitative estimate of drug-likeness (QED) is 0.470. The summed E-state index contributed by atoms with van der Waals surface area (Å²) in [5.74, 6) is 1.98. The molecule has 10 heteroatoms. The molecule has 1 aliphatic heterocycles. The van der Waals surface area contributed by atoms with Crippen LogP contribution in [0.5, 0.6) is 0 Å². The van der Waals surface area contributed by atoms with E-state index in [9.17, 15) is 9.18 Å². The van der Waals surface area contributed by atoms with Gasteiger partial charge < -0.3 is 15.5 Å². The van der Waals surface area contributed by atoms with Gasteiger partial charge in [0.1, 0.15) is 23.6 Å². The fourth-order valence-corrected chi connectivity index (χ4v) is 3.96. The number of anilines is 4. The predicted molar refractivity (Wildman–Crippen MR) is 120 cm³/mol. The first-order valence-corrected chi connectivity index (χ1v) is 10.9. The third-order valence-corrected chi connectivity index (χ3v) is 5.66. The van der Waals surface area contributed by atoms with Crippen LogP contribution in [0.2, 0.25) is 0 Å². The summed E-state index contributed by atoms with van der Waals surface area (Å²) in [7, 11) is 0. The van der Waals surface area contributed by atoms with Crippen molar-refractivity contribution in [2.75, 3.05) is 28.6 Å². The molecule has 0 radical (unpaired) electrons. The molecular formula is C21H24FN7OS. The molecule has 1 aliphatic rings. The smallest absolute Gasteiger partial charge is 0.224 e. The fourth-order valence-electron chi connectivity index (χ4n) is 3.20. The highest BCUT2D eigenvalue weighted by atomic mass is 32.2. The number of carbonyl (C=O) groups is 1. The summed E-state index contributed by atoms with van der Waals surface area (Å²) in [5, 5.41) is 13.6. The zero-order valence-electron chi connectivity index (χ0n) is 17.4. The highest BCUT2D eigenvalue weighted by molar-refractivity contribution is 7.99. The number of nitrogens with zero attached hydrogens (tertiary/aromatic N) is 4. The van der Waals surface area contributed by atoms with Crippen LogP contribution in [0.25, 0.3) is 0 Å². The Morgan fingerprint density at radius 1 is 1.29 bits per heavy atom. The molecule has 8 nitrogen and oxygen atoms in total. The Morgan fingerprint density at radius 2 is 2.10 bits per heavy atom. The van der Waals surface area contributed by atoms with Gasteiger partial charge in [-0.1, -0.05) is 6.92 Å². The molecule has 162 valence electrons. The van der Waals surface area contributed by atoms with E-state index in [0.717, 1.165) is 22.1 Å². The summed E-state index contributed by atoms with van der Waals surface area (Å²) in [5.41, 5.74) is 1.61. The van der Waals surface area contributed by atoms with E-state index in [1.165, 1.54) is 11.8 Å². The normalized spacial score (nSPS) is 15.8. The number of aryl methyl sites for hydroxylation is 1. The minimum atomic E-state index is -0.844. The van der Waals surface area contributed by atoms with E-state index < -0.39 is 6.17 Å². The fraction of sp³-hybridized carbons (Fsp3) is 0.333. The Kier molecular flexibility index (Phi) is 6.36. The summed E-state index contributed by atoms with van der Waals surface area (Å²) in [6.45, 7) is 4.66. The van der Waals surface area contributed by atoms with Gasteiger partial charge in [-0.05, 0) is 49.4 Å². The lowest BCUT2D eigenvalue weighted by atomic mass is 10.3. The van der Waals surface area contributed by atoms with Crippen LogP contribution in [0.3, 0.4) is 0 Å². The number of aromatic nitrogens is 4. The second-order valence-electron chi connectivity index (χ2n) is 7.30. The van der Waals surface area contributed by atoms with E-state index in [-0.39, 0.29) is 5.91 Å². The van der Waals surface area contributed by atoms with E-state index in [2.05, 4.69) is 30.8 Å². The van der Waals surface area contributed by atoms with Crippen LogP contribution in [-0.4, -0.2) is 45.3 Å². The van der Waals surface area contributed by atoms with Crippen LogP contribution in [-0.2, 0) is 4.79 Å². The predicted octanol–water partition coefficient (Wildman–Crippen LogP) is 4.30. The summed E-state index contributed by atoms with van der Waals surface area (Å²) < 4.78 is 13.8. The maximum Gasteiger partial charge on any atom is 0.224 e. The first kappa shape index (κ1) is 21.1. The van der Waals surface area contributed by atoms with Crippen molar-refractivity contribution in [2.24, 2.45) is 0 Å². The van der Waals surface area contributed by atoms with Gasteiger partial charge >= 0.3 is 0 Å². The van der Waals surface area contributed by atoms with Crippen LogP contribution in [0.1, 0.15) is 25.5 Å². The van der Waals surface area contributed by atoms with Crippen molar-refractivity contribution in [1.82, 2.24) is 20.2 Å². The molecule has 1 fully saturated rings. The Balaban J connectivity index is 1.56. The highest BCUT2D eigenvalue weighted by Gasteiger charge is 2.24. The summed E-state index contributed by atoms with van der Waals surface area (Å²) >= 11 is 1.40. The van der Waals surface area contributed by atoms with Gasteiger partial charge in [0.25, 0.3) is 0 Å². The summed E-state index contributed by atoms with van der Waals surface area (Å²) in [6.07, 6.45) is 0.0856. The number of carbonyl (C=O) groups excluding carboxylic acids is 1. The number of benzene rings is 1. The lowest BCUT2D eigenvalue weighted by Crippen LogP contribution is -2.21. The molecule has 2 aromatic heterocycles. The average molecular weight is 442 g/mol. The zero-order chi connectivity index (χ0) is 21.8. The molecule has 31 heavy (non-hydrogen) atoms. The van der Waals surface area contributed by atoms with Crippen molar-refractivity contribution < 1.29 is 9.18 Å². The molecule has 1 atom stereocenters. The third kappa shape index (κ3) is 5.52. The van der Waals surface area contributed by atoms with Gasteiger partial charge in [0.15, 0.2) is 5.16 Å². The number of hydrogen-bond acceptors (Lipinski definition) is 7. The largest absolute Gasteiger partial charge is 0.353 e.